The van der Waals surface area contributed by atoms with Crippen molar-refractivity contribution in [2.75, 3.05) is 27.2 Å². The first-order valence-corrected chi connectivity index (χ1v) is 7.38. The number of carbonyl (C=O) groups excluding carboxylic acids is 1. The zero-order valence-corrected chi connectivity index (χ0v) is 12.8. The lowest BCUT2D eigenvalue weighted by Gasteiger charge is -2.27. The number of benzene rings is 1. The van der Waals surface area contributed by atoms with E-state index in [2.05, 4.69) is 5.32 Å². The molecule has 2 N–H and O–H groups in total. The van der Waals surface area contributed by atoms with Gasteiger partial charge in [0, 0.05) is 28.6 Å². The van der Waals surface area contributed by atoms with Crippen LogP contribution in [-0.4, -0.2) is 48.7 Å². The molecule has 1 aromatic heterocycles. The molecule has 0 bridgehead atoms. The number of amides is 1. The molecule has 1 heterocycles. The normalized spacial score (nSPS) is 14.4. The third-order valence-corrected chi connectivity index (χ3v) is 3.98. The van der Waals surface area contributed by atoms with Crippen molar-refractivity contribution < 1.29 is 9.90 Å². The molecule has 0 fully saturated rings. The number of carbonyl (C=O) groups is 1. The Morgan fingerprint density at radius 1 is 1.40 bits per heavy atom. The average Bonchev–Trinajstić information content (AvgIpc) is 2.78. The van der Waals surface area contributed by atoms with Crippen LogP contribution >= 0.6 is 11.3 Å². The van der Waals surface area contributed by atoms with Gasteiger partial charge in [0.05, 0.1) is 11.2 Å². The summed E-state index contributed by atoms with van der Waals surface area (Å²) in [6.45, 7) is 2.45. The maximum atomic E-state index is 12.2. The molecule has 1 amide bonds. The van der Waals surface area contributed by atoms with Gasteiger partial charge in [-0.3, -0.25) is 4.79 Å². The van der Waals surface area contributed by atoms with E-state index in [1.807, 2.05) is 48.6 Å². The second-order valence-corrected chi connectivity index (χ2v) is 6.47. The number of likely N-dealkylation sites (N-methyl/N-ethyl adjacent to an activating group) is 1. The lowest BCUT2D eigenvalue weighted by atomic mass is 10.1. The van der Waals surface area contributed by atoms with Crippen molar-refractivity contribution >= 4 is 27.3 Å². The Bertz CT molecular complexity index is 605. The fourth-order valence-electron chi connectivity index (χ4n) is 2.26. The molecule has 0 spiro atoms. The number of hydrogen-bond acceptors (Lipinski definition) is 4. The first kappa shape index (κ1) is 15.0. The predicted octanol–water partition coefficient (Wildman–Crippen LogP) is 1.94. The van der Waals surface area contributed by atoms with Gasteiger partial charge in [0.25, 0.3) is 5.91 Å². The van der Waals surface area contributed by atoms with Gasteiger partial charge in [-0.15, -0.1) is 11.3 Å². The summed E-state index contributed by atoms with van der Waals surface area (Å²) in [5, 5.41) is 15.8. The second kappa shape index (κ2) is 5.91. The summed E-state index contributed by atoms with van der Waals surface area (Å²) >= 11 is 1.55. The van der Waals surface area contributed by atoms with Gasteiger partial charge in [-0.25, -0.2) is 0 Å². The van der Waals surface area contributed by atoms with Crippen molar-refractivity contribution in [3.05, 3.63) is 35.2 Å². The number of rotatable bonds is 5. The Morgan fingerprint density at radius 3 is 2.80 bits per heavy atom. The minimum atomic E-state index is -0.939. The van der Waals surface area contributed by atoms with E-state index < -0.39 is 5.60 Å². The van der Waals surface area contributed by atoms with Crippen molar-refractivity contribution in [2.45, 2.75) is 12.5 Å². The molecule has 0 radical (unpaired) electrons. The number of aliphatic hydroxyl groups is 1. The van der Waals surface area contributed by atoms with E-state index in [0.717, 1.165) is 10.1 Å². The van der Waals surface area contributed by atoms with Crippen molar-refractivity contribution in [1.29, 1.82) is 0 Å². The zero-order chi connectivity index (χ0) is 14.8. The molecule has 1 atom stereocenters. The number of nitrogens with one attached hydrogen (secondary N) is 1. The van der Waals surface area contributed by atoms with E-state index in [1.165, 1.54) is 0 Å². The van der Waals surface area contributed by atoms with Crippen molar-refractivity contribution in [3.63, 3.8) is 0 Å². The van der Waals surface area contributed by atoms with E-state index in [0.29, 0.717) is 12.1 Å². The molecular weight excluding hydrogens is 272 g/mol. The molecule has 1 unspecified atom stereocenters. The van der Waals surface area contributed by atoms with Crippen LogP contribution in [0.4, 0.5) is 0 Å². The summed E-state index contributed by atoms with van der Waals surface area (Å²) in [4.78, 5) is 14.1. The molecule has 0 aliphatic carbocycles. The van der Waals surface area contributed by atoms with Gasteiger partial charge in [-0.05, 0) is 27.1 Å². The van der Waals surface area contributed by atoms with E-state index >= 15 is 0 Å². The molecule has 20 heavy (non-hydrogen) atoms. The summed E-state index contributed by atoms with van der Waals surface area (Å²) < 4.78 is 1.10. The Morgan fingerprint density at radius 2 is 2.10 bits per heavy atom. The Balaban J connectivity index is 2.06. The number of fused-ring (bicyclic) bond motifs is 1. The number of nitrogens with zero attached hydrogens (tertiary/aromatic N) is 1. The van der Waals surface area contributed by atoms with Crippen LogP contribution in [0.2, 0.25) is 0 Å². The van der Waals surface area contributed by atoms with Crippen LogP contribution < -0.4 is 5.32 Å². The van der Waals surface area contributed by atoms with Gasteiger partial charge in [0.1, 0.15) is 0 Å². The van der Waals surface area contributed by atoms with Gasteiger partial charge < -0.3 is 15.3 Å². The third kappa shape index (κ3) is 3.56. The van der Waals surface area contributed by atoms with Crippen LogP contribution in [0.5, 0.6) is 0 Å². The van der Waals surface area contributed by atoms with E-state index in [1.54, 1.807) is 18.3 Å². The molecule has 2 aromatic rings. The van der Waals surface area contributed by atoms with Gasteiger partial charge in [0.2, 0.25) is 0 Å². The fraction of sp³-hybridized carbons (Fsp3) is 0.400. The first-order chi connectivity index (χ1) is 9.39. The summed E-state index contributed by atoms with van der Waals surface area (Å²) in [7, 11) is 3.78. The summed E-state index contributed by atoms with van der Waals surface area (Å²) in [5.41, 5.74) is -0.267. The summed E-state index contributed by atoms with van der Waals surface area (Å²) in [6, 6.07) is 7.83. The summed E-state index contributed by atoms with van der Waals surface area (Å²) in [5.74, 6) is -0.138. The Labute approximate surface area is 123 Å². The maximum Gasteiger partial charge on any atom is 0.252 e. The lowest BCUT2D eigenvalue weighted by Crippen LogP contribution is -2.47. The molecule has 0 aliphatic heterocycles. The predicted molar refractivity (Wildman–Crippen MR) is 83.3 cm³/mol. The molecule has 5 heteroatoms. The van der Waals surface area contributed by atoms with E-state index in [9.17, 15) is 9.90 Å². The van der Waals surface area contributed by atoms with Crippen LogP contribution in [-0.2, 0) is 0 Å². The van der Waals surface area contributed by atoms with E-state index in [4.69, 9.17) is 0 Å². The third-order valence-electron chi connectivity index (χ3n) is 3.01. The Kier molecular flexibility index (Phi) is 4.42. The van der Waals surface area contributed by atoms with Crippen molar-refractivity contribution in [3.8, 4) is 0 Å². The quantitative estimate of drug-likeness (QED) is 0.885. The average molecular weight is 292 g/mol. The molecule has 0 saturated carbocycles. The molecule has 108 valence electrons. The highest BCUT2D eigenvalue weighted by molar-refractivity contribution is 7.17. The highest BCUT2D eigenvalue weighted by Crippen LogP contribution is 2.25. The number of hydrogen-bond donors (Lipinski definition) is 2. The molecule has 0 saturated heterocycles. The molecule has 4 nitrogen and oxygen atoms in total. The van der Waals surface area contributed by atoms with Crippen LogP contribution in [0.3, 0.4) is 0 Å². The highest BCUT2D eigenvalue weighted by Gasteiger charge is 2.23. The molecular formula is C15H20N2O2S. The highest BCUT2D eigenvalue weighted by atomic mass is 32.1. The fourth-order valence-corrected chi connectivity index (χ4v) is 3.20. The summed E-state index contributed by atoms with van der Waals surface area (Å²) in [6.07, 6.45) is 0. The lowest BCUT2D eigenvalue weighted by molar-refractivity contribution is 0.0326. The molecule has 1 aromatic carbocycles. The smallest absolute Gasteiger partial charge is 0.252 e. The maximum absolute atomic E-state index is 12.2. The van der Waals surface area contributed by atoms with Gasteiger partial charge in [-0.2, -0.15) is 0 Å². The van der Waals surface area contributed by atoms with Crippen LogP contribution in [0, 0.1) is 0 Å². The van der Waals surface area contributed by atoms with Crippen molar-refractivity contribution in [2.24, 2.45) is 0 Å². The minimum Gasteiger partial charge on any atom is -0.387 e. The minimum absolute atomic E-state index is 0.138. The number of thiophene rings is 1. The zero-order valence-electron chi connectivity index (χ0n) is 12.0. The molecule has 0 aliphatic rings. The SMILES string of the molecule is CN(C)CC(C)(O)CNC(=O)c1csc2ccccc12. The Hall–Kier alpha value is -1.43. The largest absolute Gasteiger partial charge is 0.387 e. The topological polar surface area (TPSA) is 52.6 Å². The standard InChI is InChI=1S/C15H20N2O2S/c1-15(19,10-17(2)3)9-16-14(18)12-8-20-13-7-5-4-6-11(12)13/h4-8,19H,9-10H2,1-3H3,(H,16,18). The van der Waals surface area contributed by atoms with E-state index in [-0.39, 0.29) is 12.5 Å². The van der Waals surface area contributed by atoms with Crippen molar-refractivity contribution in [1.82, 2.24) is 10.2 Å². The molecule has 2 rings (SSSR count). The van der Waals surface area contributed by atoms with Crippen LogP contribution in [0.15, 0.2) is 29.6 Å². The second-order valence-electron chi connectivity index (χ2n) is 5.56. The van der Waals surface area contributed by atoms with Gasteiger partial charge in [-0.1, -0.05) is 18.2 Å². The van der Waals surface area contributed by atoms with Gasteiger partial charge in [0.15, 0.2) is 0 Å². The first-order valence-electron chi connectivity index (χ1n) is 6.50. The van der Waals surface area contributed by atoms with Gasteiger partial charge >= 0.3 is 0 Å². The monoisotopic (exact) mass is 292 g/mol. The van der Waals surface area contributed by atoms with Crippen LogP contribution in [0.25, 0.3) is 10.1 Å². The van der Waals surface area contributed by atoms with Crippen LogP contribution in [0.1, 0.15) is 17.3 Å².